The summed E-state index contributed by atoms with van der Waals surface area (Å²) in [5.41, 5.74) is 2.97. The van der Waals surface area contributed by atoms with Crippen LogP contribution >= 0.6 is 11.3 Å². The van der Waals surface area contributed by atoms with E-state index in [0.717, 1.165) is 16.8 Å². The smallest absolute Gasteiger partial charge is 0.226 e. The molecule has 0 unspecified atom stereocenters. The molecule has 0 saturated heterocycles. The first-order chi connectivity index (χ1) is 12.3. The molecule has 0 aliphatic rings. The molecule has 0 spiro atoms. The maximum atomic E-state index is 12.1. The van der Waals surface area contributed by atoms with Crippen LogP contribution in [0.4, 0.5) is 0 Å². The molecule has 0 aliphatic carbocycles. The molecule has 126 valence electrons. The fourth-order valence-electron chi connectivity index (χ4n) is 2.83. The number of aromatic amines is 1. The number of nitrogens with zero attached hydrogens (tertiary/aromatic N) is 1. The van der Waals surface area contributed by atoms with E-state index in [-0.39, 0.29) is 12.3 Å². The number of carbonyl (C=O) groups is 1. The Morgan fingerprint density at radius 1 is 1.24 bits per heavy atom. The fourth-order valence-corrected chi connectivity index (χ4v) is 3.51. The van der Waals surface area contributed by atoms with Crippen molar-refractivity contribution in [2.75, 3.05) is 6.54 Å². The molecule has 0 atom stereocenters. The summed E-state index contributed by atoms with van der Waals surface area (Å²) in [7, 11) is 0. The van der Waals surface area contributed by atoms with Crippen LogP contribution in [-0.4, -0.2) is 22.6 Å². The Labute approximate surface area is 148 Å². The largest absolute Gasteiger partial charge is 0.361 e. The predicted molar refractivity (Wildman–Crippen MR) is 98.5 cm³/mol. The second kappa shape index (κ2) is 6.94. The number of H-pyrrole nitrogens is 1. The van der Waals surface area contributed by atoms with Gasteiger partial charge >= 0.3 is 0 Å². The van der Waals surface area contributed by atoms with Gasteiger partial charge in [-0.3, -0.25) is 4.79 Å². The third-order valence-electron chi connectivity index (χ3n) is 4.06. The van der Waals surface area contributed by atoms with Crippen LogP contribution in [0, 0.1) is 0 Å². The van der Waals surface area contributed by atoms with Crippen LogP contribution in [0.2, 0.25) is 0 Å². The number of rotatable bonds is 6. The Balaban J connectivity index is 1.31. The van der Waals surface area contributed by atoms with Gasteiger partial charge in [-0.1, -0.05) is 29.4 Å². The molecule has 0 radical (unpaired) electrons. The highest BCUT2D eigenvalue weighted by molar-refractivity contribution is 7.13. The molecule has 1 aromatic carbocycles. The van der Waals surface area contributed by atoms with E-state index in [1.165, 1.54) is 10.9 Å². The molecule has 25 heavy (non-hydrogen) atoms. The first kappa shape index (κ1) is 15.7. The zero-order valence-corrected chi connectivity index (χ0v) is 14.3. The number of hydrogen-bond acceptors (Lipinski definition) is 4. The highest BCUT2D eigenvalue weighted by Crippen LogP contribution is 2.25. The summed E-state index contributed by atoms with van der Waals surface area (Å²) in [5, 5.41) is 10.1. The maximum absolute atomic E-state index is 12.1. The normalized spacial score (nSPS) is 11.0. The van der Waals surface area contributed by atoms with E-state index in [9.17, 15) is 4.79 Å². The monoisotopic (exact) mass is 351 g/mol. The summed E-state index contributed by atoms with van der Waals surface area (Å²) in [5.74, 6) is 0.655. The minimum atomic E-state index is -0.0501. The summed E-state index contributed by atoms with van der Waals surface area (Å²) < 4.78 is 5.30. The van der Waals surface area contributed by atoms with Crippen LogP contribution in [0.3, 0.4) is 0 Å². The average Bonchev–Trinajstić information content (AvgIpc) is 3.35. The minimum absolute atomic E-state index is 0.0501. The van der Waals surface area contributed by atoms with Gasteiger partial charge in [0.15, 0.2) is 5.76 Å². The summed E-state index contributed by atoms with van der Waals surface area (Å²) in [6, 6.07) is 13.9. The first-order valence-electron chi connectivity index (χ1n) is 8.11. The standard InChI is InChI=1S/C19H17N3O2S/c23-19(11-14-10-17(24-22-14)18-6-3-9-25-18)20-8-7-13-12-21-16-5-2-1-4-15(13)16/h1-6,9-10,12,21H,7-8,11H2,(H,20,23). The molecule has 3 heterocycles. The van der Waals surface area contributed by atoms with Crippen molar-refractivity contribution in [2.24, 2.45) is 0 Å². The van der Waals surface area contributed by atoms with E-state index >= 15 is 0 Å². The summed E-state index contributed by atoms with van der Waals surface area (Å²) in [4.78, 5) is 16.4. The van der Waals surface area contributed by atoms with Crippen LogP contribution in [0.25, 0.3) is 21.5 Å². The van der Waals surface area contributed by atoms with E-state index in [1.807, 2.05) is 48.0 Å². The molecule has 2 N–H and O–H groups in total. The Morgan fingerprint density at radius 2 is 2.16 bits per heavy atom. The summed E-state index contributed by atoms with van der Waals surface area (Å²) >= 11 is 1.58. The summed E-state index contributed by atoms with van der Waals surface area (Å²) in [6.07, 6.45) is 3.01. The van der Waals surface area contributed by atoms with E-state index in [1.54, 1.807) is 11.3 Å². The van der Waals surface area contributed by atoms with Gasteiger partial charge in [0, 0.05) is 29.7 Å². The number of aromatic nitrogens is 2. The van der Waals surface area contributed by atoms with Crippen LogP contribution in [0.5, 0.6) is 0 Å². The van der Waals surface area contributed by atoms with Crippen molar-refractivity contribution in [3.05, 3.63) is 65.3 Å². The lowest BCUT2D eigenvalue weighted by Crippen LogP contribution is -2.27. The summed E-state index contributed by atoms with van der Waals surface area (Å²) in [6.45, 7) is 0.594. The third-order valence-corrected chi connectivity index (χ3v) is 4.94. The van der Waals surface area contributed by atoms with Gasteiger partial charge in [-0.25, -0.2) is 0 Å². The van der Waals surface area contributed by atoms with E-state index in [4.69, 9.17) is 4.52 Å². The van der Waals surface area contributed by atoms with Crippen molar-refractivity contribution in [1.29, 1.82) is 0 Å². The van der Waals surface area contributed by atoms with E-state index in [0.29, 0.717) is 18.0 Å². The molecule has 0 bridgehead atoms. The maximum Gasteiger partial charge on any atom is 0.226 e. The fraction of sp³-hybridized carbons (Fsp3) is 0.158. The number of amides is 1. The van der Waals surface area contributed by atoms with Crippen molar-refractivity contribution in [3.63, 3.8) is 0 Å². The first-order valence-corrected chi connectivity index (χ1v) is 8.99. The van der Waals surface area contributed by atoms with Gasteiger partial charge in [0.25, 0.3) is 0 Å². The van der Waals surface area contributed by atoms with Crippen LogP contribution in [0.1, 0.15) is 11.3 Å². The molecule has 4 rings (SSSR count). The van der Waals surface area contributed by atoms with Crippen LogP contribution in [0.15, 0.2) is 58.6 Å². The zero-order valence-electron chi connectivity index (χ0n) is 13.5. The molecule has 1 amide bonds. The molecular formula is C19H17N3O2S. The number of hydrogen-bond donors (Lipinski definition) is 2. The topological polar surface area (TPSA) is 70.9 Å². The van der Waals surface area contributed by atoms with Gasteiger partial charge in [-0.15, -0.1) is 11.3 Å². The Morgan fingerprint density at radius 3 is 3.04 bits per heavy atom. The molecule has 5 nitrogen and oxygen atoms in total. The number of nitrogens with one attached hydrogen (secondary N) is 2. The van der Waals surface area contributed by atoms with Gasteiger partial charge in [0.2, 0.25) is 5.91 Å². The molecular weight excluding hydrogens is 334 g/mol. The molecule has 0 saturated carbocycles. The highest BCUT2D eigenvalue weighted by Gasteiger charge is 2.11. The molecule has 6 heteroatoms. The number of benzene rings is 1. The number of thiophene rings is 1. The third kappa shape index (κ3) is 3.49. The van der Waals surface area contributed by atoms with Crippen molar-refractivity contribution >= 4 is 28.1 Å². The van der Waals surface area contributed by atoms with Gasteiger partial charge in [0.05, 0.1) is 17.0 Å². The van der Waals surface area contributed by atoms with Crippen molar-refractivity contribution in [3.8, 4) is 10.6 Å². The molecule has 0 fully saturated rings. The number of fused-ring (bicyclic) bond motifs is 1. The van der Waals surface area contributed by atoms with E-state index in [2.05, 4.69) is 21.5 Å². The lowest BCUT2D eigenvalue weighted by molar-refractivity contribution is -0.120. The van der Waals surface area contributed by atoms with Gasteiger partial charge in [-0.05, 0) is 29.5 Å². The number of carbonyl (C=O) groups excluding carboxylic acids is 1. The number of para-hydroxylation sites is 1. The predicted octanol–water partition coefficient (Wildman–Crippen LogP) is 3.79. The minimum Gasteiger partial charge on any atom is -0.361 e. The quantitative estimate of drug-likeness (QED) is 0.555. The lowest BCUT2D eigenvalue weighted by atomic mass is 10.1. The van der Waals surface area contributed by atoms with Gasteiger partial charge in [-0.2, -0.15) is 0 Å². The van der Waals surface area contributed by atoms with Crippen LogP contribution < -0.4 is 5.32 Å². The van der Waals surface area contributed by atoms with Gasteiger partial charge < -0.3 is 14.8 Å². The van der Waals surface area contributed by atoms with Gasteiger partial charge in [0.1, 0.15) is 0 Å². The lowest BCUT2D eigenvalue weighted by Gasteiger charge is -2.03. The second-order valence-electron chi connectivity index (χ2n) is 5.80. The zero-order chi connectivity index (χ0) is 17.1. The Bertz CT molecular complexity index is 985. The molecule has 0 aliphatic heterocycles. The Kier molecular flexibility index (Phi) is 4.35. The molecule has 4 aromatic rings. The Hall–Kier alpha value is -2.86. The second-order valence-corrected chi connectivity index (χ2v) is 6.74. The SMILES string of the molecule is O=C(Cc1cc(-c2cccs2)on1)NCCc1c[nH]c2ccccc12. The molecule has 3 aromatic heterocycles. The van der Waals surface area contributed by atoms with Crippen molar-refractivity contribution in [2.45, 2.75) is 12.8 Å². The van der Waals surface area contributed by atoms with E-state index < -0.39 is 0 Å². The van der Waals surface area contributed by atoms with Crippen LogP contribution in [-0.2, 0) is 17.6 Å². The van der Waals surface area contributed by atoms with Crippen molar-refractivity contribution < 1.29 is 9.32 Å². The highest BCUT2D eigenvalue weighted by atomic mass is 32.1. The van der Waals surface area contributed by atoms with Crippen molar-refractivity contribution in [1.82, 2.24) is 15.5 Å². The average molecular weight is 351 g/mol.